The number of hydrogen-bond donors (Lipinski definition) is 2. The summed E-state index contributed by atoms with van der Waals surface area (Å²) in [6.07, 6.45) is 2.00. The normalized spacial score (nSPS) is 13.4. The Bertz CT molecular complexity index is 727. The van der Waals surface area contributed by atoms with Crippen molar-refractivity contribution in [3.8, 4) is 0 Å². The summed E-state index contributed by atoms with van der Waals surface area (Å²) < 4.78 is 31.6. The quantitative estimate of drug-likeness (QED) is 0.443. The molecule has 0 aliphatic carbocycles. The second-order valence-corrected chi connectivity index (χ2v) is 8.54. The van der Waals surface area contributed by atoms with E-state index in [0.29, 0.717) is 12.7 Å². The van der Waals surface area contributed by atoms with Gasteiger partial charge in [0.25, 0.3) is 0 Å². The lowest BCUT2D eigenvalue weighted by molar-refractivity contribution is -0.153. The molecule has 2 amide bonds. The third kappa shape index (κ3) is 9.91. The number of amides is 2. The van der Waals surface area contributed by atoms with E-state index in [2.05, 4.69) is 10.6 Å². The van der Waals surface area contributed by atoms with E-state index in [1.54, 1.807) is 27.7 Å². The van der Waals surface area contributed by atoms with Gasteiger partial charge in [-0.3, -0.25) is 19.7 Å². The summed E-state index contributed by atoms with van der Waals surface area (Å²) >= 11 is 0. The van der Waals surface area contributed by atoms with Gasteiger partial charge in [0.2, 0.25) is 11.8 Å². The molecule has 0 saturated carbocycles. The van der Waals surface area contributed by atoms with Crippen molar-refractivity contribution in [2.45, 2.75) is 72.4 Å². The Balaban J connectivity index is 2.30. The van der Waals surface area contributed by atoms with Crippen LogP contribution in [-0.4, -0.2) is 36.5 Å². The van der Waals surface area contributed by atoms with E-state index < -0.39 is 34.9 Å². The second-order valence-electron chi connectivity index (χ2n) is 8.54. The van der Waals surface area contributed by atoms with Gasteiger partial charge < -0.3 is 10.1 Å². The van der Waals surface area contributed by atoms with E-state index in [0.717, 1.165) is 31.4 Å². The summed E-state index contributed by atoms with van der Waals surface area (Å²) in [5.41, 5.74) is -0.364. The van der Waals surface area contributed by atoms with Gasteiger partial charge in [-0.25, -0.2) is 8.78 Å². The topological polar surface area (TPSA) is 84.5 Å². The van der Waals surface area contributed by atoms with Crippen molar-refractivity contribution < 1.29 is 27.9 Å². The molecule has 168 valence electrons. The molecular formula is C22H32F2N2O4. The van der Waals surface area contributed by atoms with Crippen molar-refractivity contribution in [1.29, 1.82) is 0 Å². The molecule has 0 aliphatic rings. The number of benzene rings is 1. The molecule has 0 spiro atoms. The summed E-state index contributed by atoms with van der Waals surface area (Å²) in [6.45, 7) is 9.31. The van der Waals surface area contributed by atoms with Crippen LogP contribution >= 0.6 is 0 Å². The standard InChI is InChI=1S/C22H32F2N2O4/c1-14(8-6-7-9-30-21(29)22(3,4)5)25-15(2)20(28)26-19(27)12-16-10-17(23)13-18(24)11-16/h10-11,13-15,25H,6-9,12H2,1-5H3,(H,26,27,28)/t14-,15-/m0/s1. The minimum atomic E-state index is -0.777. The van der Waals surface area contributed by atoms with Gasteiger partial charge in [-0.05, 0) is 71.6 Å². The van der Waals surface area contributed by atoms with Gasteiger partial charge in [-0.1, -0.05) is 0 Å². The molecule has 2 atom stereocenters. The van der Waals surface area contributed by atoms with Crippen molar-refractivity contribution in [3.63, 3.8) is 0 Å². The lowest BCUT2D eigenvalue weighted by Crippen LogP contribution is -2.47. The van der Waals surface area contributed by atoms with E-state index in [1.807, 2.05) is 6.92 Å². The smallest absolute Gasteiger partial charge is 0.311 e. The van der Waals surface area contributed by atoms with Crippen LogP contribution in [0.4, 0.5) is 8.78 Å². The highest BCUT2D eigenvalue weighted by atomic mass is 19.1. The lowest BCUT2D eigenvalue weighted by atomic mass is 9.97. The predicted octanol–water partition coefficient (Wildman–Crippen LogP) is 3.28. The molecule has 0 bridgehead atoms. The Morgan fingerprint density at radius 1 is 1.03 bits per heavy atom. The maximum absolute atomic E-state index is 13.2. The third-order valence-corrected chi connectivity index (χ3v) is 4.35. The Morgan fingerprint density at radius 2 is 1.63 bits per heavy atom. The second kappa shape index (κ2) is 11.7. The minimum Gasteiger partial charge on any atom is -0.465 e. The van der Waals surface area contributed by atoms with E-state index in [9.17, 15) is 23.2 Å². The highest BCUT2D eigenvalue weighted by molar-refractivity contribution is 5.98. The van der Waals surface area contributed by atoms with Crippen LogP contribution < -0.4 is 10.6 Å². The molecule has 0 unspecified atom stereocenters. The van der Waals surface area contributed by atoms with Gasteiger partial charge in [-0.2, -0.15) is 0 Å². The van der Waals surface area contributed by atoms with E-state index in [4.69, 9.17) is 4.74 Å². The number of rotatable bonds is 10. The van der Waals surface area contributed by atoms with Crippen molar-refractivity contribution in [2.75, 3.05) is 6.61 Å². The zero-order valence-corrected chi connectivity index (χ0v) is 18.3. The average molecular weight is 427 g/mol. The number of halogens is 2. The Hall–Kier alpha value is -2.35. The van der Waals surface area contributed by atoms with Crippen LogP contribution in [-0.2, 0) is 25.5 Å². The van der Waals surface area contributed by atoms with Crippen LogP contribution in [0.5, 0.6) is 0 Å². The van der Waals surface area contributed by atoms with Gasteiger partial charge in [-0.15, -0.1) is 0 Å². The Morgan fingerprint density at radius 3 is 2.20 bits per heavy atom. The van der Waals surface area contributed by atoms with E-state index >= 15 is 0 Å². The molecule has 8 heteroatoms. The Labute approximate surface area is 176 Å². The molecule has 0 aromatic heterocycles. The first-order valence-electron chi connectivity index (χ1n) is 10.1. The fraction of sp³-hybridized carbons (Fsp3) is 0.591. The predicted molar refractivity (Wildman–Crippen MR) is 110 cm³/mol. The summed E-state index contributed by atoms with van der Waals surface area (Å²) in [5.74, 6) is -2.93. The molecule has 2 N–H and O–H groups in total. The van der Waals surface area contributed by atoms with Gasteiger partial charge in [0.1, 0.15) is 11.6 Å². The molecule has 0 aliphatic heterocycles. The number of carbonyl (C=O) groups is 3. The zero-order valence-electron chi connectivity index (χ0n) is 18.3. The fourth-order valence-corrected chi connectivity index (χ4v) is 2.71. The SMILES string of the molecule is C[C@H](N[C@@H](C)CCCCOC(=O)C(C)(C)C)C(=O)NC(=O)Cc1cc(F)cc(F)c1. The average Bonchev–Trinajstić information content (AvgIpc) is 2.59. The first-order chi connectivity index (χ1) is 13.9. The van der Waals surface area contributed by atoms with Crippen LogP contribution in [0.15, 0.2) is 18.2 Å². The van der Waals surface area contributed by atoms with Gasteiger partial charge in [0, 0.05) is 12.1 Å². The van der Waals surface area contributed by atoms with Crippen LogP contribution in [0.2, 0.25) is 0 Å². The number of hydrogen-bond acceptors (Lipinski definition) is 5. The monoisotopic (exact) mass is 426 g/mol. The maximum atomic E-state index is 13.2. The first-order valence-corrected chi connectivity index (χ1v) is 10.1. The molecule has 6 nitrogen and oxygen atoms in total. The van der Waals surface area contributed by atoms with Gasteiger partial charge in [0.15, 0.2) is 0 Å². The van der Waals surface area contributed by atoms with Gasteiger partial charge in [0.05, 0.1) is 24.5 Å². The lowest BCUT2D eigenvalue weighted by Gasteiger charge is -2.20. The van der Waals surface area contributed by atoms with E-state index in [-0.39, 0.29) is 24.0 Å². The minimum absolute atomic E-state index is 0.0106. The van der Waals surface area contributed by atoms with Crippen molar-refractivity contribution in [2.24, 2.45) is 5.41 Å². The number of nitrogens with one attached hydrogen (secondary N) is 2. The third-order valence-electron chi connectivity index (χ3n) is 4.35. The number of imide groups is 1. The number of ether oxygens (including phenoxy) is 1. The summed E-state index contributed by atoms with van der Waals surface area (Å²) in [5, 5.41) is 5.33. The van der Waals surface area contributed by atoms with Gasteiger partial charge >= 0.3 is 5.97 Å². The fourth-order valence-electron chi connectivity index (χ4n) is 2.71. The van der Waals surface area contributed by atoms with Crippen molar-refractivity contribution in [1.82, 2.24) is 10.6 Å². The molecule has 1 rings (SSSR count). The van der Waals surface area contributed by atoms with E-state index in [1.165, 1.54) is 0 Å². The molecule has 1 aromatic carbocycles. The first kappa shape index (κ1) is 25.7. The highest BCUT2D eigenvalue weighted by Crippen LogP contribution is 2.15. The zero-order chi connectivity index (χ0) is 22.9. The van der Waals surface area contributed by atoms with Crippen LogP contribution in [0, 0.1) is 17.0 Å². The van der Waals surface area contributed by atoms with Crippen molar-refractivity contribution in [3.05, 3.63) is 35.4 Å². The molecule has 30 heavy (non-hydrogen) atoms. The largest absolute Gasteiger partial charge is 0.465 e. The Kier molecular flexibility index (Phi) is 10.0. The number of unbranched alkanes of at least 4 members (excludes halogenated alkanes) is 1. The van der Waals surface area contributed by atoms with Crippen LogP contribution in [0.3, 0.4) is 0 Å². The molecule has 0 fully saturated rings. The number of carbonyl (C=O) groups excluding carboxylic acids is 3. The summed E-state index contributed by atoms with van der Waals surface area (Å²) in [4.78, 5) is 35.8. The number of esters is 1. The summed E-state index contributed by atoms with van der Waals surface area (Å²) in [6, 6.07) is 2.21. The van der Waals surface area contributed by atoms with Crippen LogP contribution in [0.1, 0.15) is 59.4 Å². The molecule has 0 radical (unpaired) electrons. The van der Waals surface area contributed by atoms with Crippen LogP contribution in [0.25, 0.3) is 0 Å². The molecule has 0 saturated heterocycles. The maximum Gasteiger partial charge on any atom is 0.311 e. The highest BCUT2D eigenvalue weighted by Gasteiger charge is 2.22. The summed E-state index contributed by atoms with van der Waals surface area (Å²) in [7, 11) is 0. The molecule has 1 aromatic rings. The molecular weight excluding hydrogens is 394 g/mol. The van der Waals surface area contributed by atoms with Crippen molar-refractivity contribution >= 4 is 17.8 Å². The molecule has 0 heterocycles.